The van der Waals surface area contributed by atoms with Gasteiger partial charge < -0.3 is 4.98 Å². The van der Waals surface area contributed by atoms with E-state index in [4.69, 9.17) is 0 Å². The van der Waals surface area contributed by atoms with E-state index < -0.39 is 17.6 Å². The van der Waals surface area contributed by atoms with Gasteiger partial charge in [0.2, 0.25) is 5.82 Å². The number of fused-ring (bicyclic) bond motifs is 2. The quantitative estimate of drug-likeness (QED) is 0.599. The van der Waals surface area contributed by atoms with Gasteiger partial charge in [-0.1, -0.05) is 30.3 Å². The van der Waals surface area contributed by atoms with Gasteiger partial charge in [0, 0.05) is 23.6 Å². The molecule has 4 nitrogen and oxygen atoms in total. The molecule has 4 rings (SSSR count). The molecule has 0 saturated carbocycles. The number of H-pyrrole nitrogens is 1. The molecule has 0 fully saturated rings. The third kappa shape index (κ3) is 2.75. The fraction of sp³-hybridized carbons (Fsp3) is 0.158. The first-order chi connectivity index (χ1) is 12.4. The Bertz CT molecular complexity index is 1160. The van der Waals surface area contributed by atoms with Gasteiger partial charge in [0.15, 0.2) is 0 Å². The van der Waals surface area contributed by atoms with Crippen LogP contribution >= 0.6 is 0 Å². The second kappa shape index (κ2) is 6.01. The van der Waals surface area contributed by atoms with Crippen molar-refractivity contribution in [3.63, 3.8) is 0 Å². The van der Waals surface area contributed by atoms with E-state index in [1.54, 1.807) is 18.3 Å². The zero-order valence-electron chi connectivity index (χ0n) is 13.5. The summed E-state index contributed by atoms with van der Waals surface area (Å²) in [6, 6.07) is 13.6. The molecule has 7 heteroatoms. The van der Waals surface area contributed by atoms with E-state index in [9.17, 15) is 18.0 Å². The van der Waals surface area contributed by atoms with Gasteiger partial charge >= 0.3 is 6.18 Å². The molecular formula is C19H14F3N3O. The van der Waals surface area contributed by atoms with Gasteiger partial charge in [0.05, 0.1) is 10.9 Å². The highest BCUT2D eigenvalue weighted by Crippen LogP contribution is 2.28. The molecule has 4 aromatic rings. The molecule has 0 aliphatic heterocycles. The Kier molecular flexibility index (Phi) is 3.79. The van der Waals surface area contributed by atoms with Crippen LogP contribution in [-0.4, -0.2) is 14.5 Å². The Morgan fingerprint density at radius 3 is 2.46 bits per heavy atom. The first-order valence-electron chi connectivity index (χ1n) is 8.07. The molecule has 26 heavy (non-hydrogen) atoms. The highest BCUT2D eigenvalue weighted by molar-refractivity contribution is 5.83. The molecule has 2 aromatic carbocycles. The molecule has 0 atom stereocenters. The van der Waals surface area contributed by atoms with Crippen LogP contribution in [0.1, 0.15) is 11.4 Å². The van der Waals surface area contributed by atoms with E-state index in [-0.39, 0.29) is 23.9 Å². The summed E-state index contributed by atoms with van der Waals surface area (Å²) < 4.78 is 41.1. The van der Waals surface area contributed by atoms with E-state index >= 15 is 0 Å². The Morgan fingerprint density at radius 2 is 1.69 bits per heavy atom. The third-order valence-corrected chi connectivity index (χ3v) is 4.39. The van der Waals surface area contributed by atoms with Gasteiger partial charge in [0.1, 0.15) is 0 Å². The number of benzene rings is 2. The average molecular weight is 357 g/mol. The van der Waals surface area contributed by atoms with Crippen molar-refractivity contribution in [1.82, 2.24) is 14.5 Å². The highest BCUT2D eigenvalue weighted by Gasteiger charge is 2.37. The van der Waals surface area contributed by atoms with Crippen LogP contribution in [0.25, 0.3) is 21.8 Å². The SMILES string of the molecule is O=c1c2ccccc2nc(C(F)(F)F)n1CCc1c[nH]c2ccccc12. The molecule has 2 aromatic heterocycles. The molecule has 0 aliphatic carbocycles. The maximum atomic E-state index is 13.4. The van der Waals surface area contributed by atoms with E-state index in [0.717, 1.165) is 21.0 Å². The average Bonchev–Trinajstić information content (AvgIpc) is 3.03. The number of aromatic nitrogens is 3. The number of alkyl halides is 3. The van der Waals surface area contributed by atoms with Crippen LogP contribution in [0.15, 0.2) is 59.5 Å². The summed E-state index contributed by atoms with van der Waals surface area (Å²) in [5.41, 5.74) is 1.13. The van der Waals surface area contributed by atoms with Crippen molar-refractivity contribution in [3.05, 3.63) is 76.5 Å². The first-order valence-corrected chi connectivity index (χ1v) is 8.07. The molecule has 0 amide bonds. The summed E-state index contributed by atoms with van der Waals surface area (Å²) >= 11 is 0. The zero-order valence-corrected chi connectivity index (χ0v) is 13.5. The Morgan fingerprint density at radius 1 is 1.00 bits per heavy atom. The van der Waals surface area contributed by atoms with Gasteiger partial charge in [-0.2, -0.15) is 13.2 Å². The molecule has 0 radical (unpaired) electrons. The summed E-state index contributed by atoms with van der Waals surface area (Å²) in [5.74, 6) is -1.17. The smallest absolute Gasteiger partial charge is 0.361 e. The summed E-state index contributed by atoms with van der Waals surface area (Å²) in [5, 5.41) is 1.11. The molecule has 2 heterocycles. The van der Waals surface area contributed by atoms with Gasteiger partial charge in [-0.25, -0.2) is 4.98 Å². The lowest BCUT2D eigenvalue weighted by Crippen LogP contribution is -2.30. The number of hydrogen-bond donors (Lipinski definition) is 1. The lowest BCUT2D eigenvalue weighted by atomic mass is 10.1. The Labute approximate surface area is 145 Å². The number of halogens is 3. The summed E-state index contributed by atoms with van der Waals surface area (Å²) in [4.78, 5) is 19.4. The van der Waals surface area contributed by atoms with Crippen molar-refractivity contribution in [3.8, 4) is 0 Å². The summed E-state index contributed by atoms with van der Waals surface area (Å²) in [6.45, 7) is -0.104. The Balaban J connectivity index is 1.80. The van der Waals surface area contributed by atoms with Crippen molar-refractivity contribution in [2.45, 2.75) is 19.1 Å². The first kappa shape index (κ1) is 16.4. The normalized spacial score (nSPS) is 12.1. The molecule has 0 unspecified atom stereocenters. The van der Waals surface area contributed by atoms with Crippen molar-refractivity contribution < 1.29 is 13.2 Å². The molecule has 0 aliphatic rings. The van der Waals surface area contributed by atoms with Gasteiger partial charge in [-0.05, 0) is 30.2 Å². The number of nitrogens with zero attached hydrogens (tertiary/aromatic N) is 2. The van der Waals surface area contributed by atoms with Gasteiger partial charge in [-0.15, -0.1) is 0 Å². The predicted octanol–water partition coefficient (Wildman–Crippen LogP) is 4.14. The van der Waals surface area contributed by atoms with Crippen LogP contribution in [0.4, 0.5) is 13.2 Å². The standard InChI is InChI=1S/C19H14F3N3O/c20-19(21,22)18-24-16-8-4-2-6-14(16)17(26)25(18)10-9-12-11-23-15-7-3-1-5-13(12)15/h1-8,11,23H,9-10H2. The topological polar surface area (TPSA) is 50.7 Å². The van der Waals surface area contributed by atoms with Crippen LogP contribution in [0.2, 0.25) is 0 Å². The highest BCUT2D eigenvalue weighted by atomic mass is 19.4. The van der Waals surface area contributed by atoms with Crippen LogP contribution < -0.4 is 5.56 Å². The fourth-order valence-electron chi connectivity index (χ4n) is 3.16. The number of nitrogens with one attached hydrogen (secondary N) is 1. The van der Waals surface area contributed by atoms with Crippen LogP contribution in [0.5, 0.6) is 0 Å². The number of aromatic amines is 1. The maximum absolute atomic E-state index is 13.4. The number of hydrogen-bond acceptors (Lipinski definition) is 2. The van der Waals surface area contributed by atoms with Crippen LogP contribution in [0.3, 0.4) is 0 Å². The van der Waals surface area contributed by atoms with Crippen molar-refractivity contribution in [1.29, 1.82) is 0 Å². The number of aryl methyl sites for hydroxylation is 1. The molecule has 0 spiro atoms. The third-order valence-electron chi connectivity index (χ3n) is 4.39. The predicted molar refractivity (Wildman–Crippen MR) is 93.0 cm³/mol. The molecule has 132 valence electrons. The molecule has 1 N–H and O–H groups in total. The maximum Gasteiger partial charge on any atom is 0.449 e. The van der Waals surface area contributed by atoms with E-state index in [1.165, 1.54) is 12.1 Å². The van der Waals surface area contributed by atoms with Gasteiger partial charge in [0.25, 0.3) is 5.56 Å². The van der Waals surface area contributed by atoms with Crippen LogP contribution in [0, 0.1) is 0 Å². The van der Waals surface area contributed by atoms with Crippen molar-refractivity contribution >= 4 is 21.8 Å². The van der Waals surface area contributed by atoms with E-state index in [1.807, 2.05) is 24.3 Å². The number of para-hydroxylation sites is 2. The van der Waals surface area contributed by atoms with Gasteiger partial charge in [-0.3, -0.25) is 9.36 Å². The fourth-order valence-corrected chi connectivity index (χ4v) is 3.16. The van der Waals surface area contributed by atoms with Crippen LogP contribution in [-0.2, 0) is 19.1 Å². The number of rotatable bonds is 3. The largest absolute Gasteiger partial charge is 0.449 e. The lowest BCUT2D eigenvalue weighted by molar-refractivity contribution is -0.148. The van der Waals surface area contributed by atoms with E-state index in [2.05, 4.69) is 9.97 Å². The minimum Gasteiger partial charge on any atom is -0.361 e. The second-order valence-corrected chi connectivity index (χ2v) is 6.02. The summed E-state index contributed by atoms with van der Waals surface area (Å²) in [7, 11) is 0. The monoisotopic (exact) mass is 357 g/mol. The minimum absolute atomic E-state index is 0.0492. The molecular weight excluding hydrogens is 343 g/mol. The Hall–Kier alpha value is -3.09. The second-order valence-electron chi connectivity index (χ2n) is 6.02. The molecule has 0 bridgehead atoms. The van der Waals surface area contributed by atoms with E-state index in [0.29, 0.717) is 0 Å². The molecule has 0 saturated heterocycles. The lowest BCUT2D eigenvalue weighted by Gasteiger charge is -2.15. The summed E-state index contributed by atoms with van der Waals surface area (Å²) in [6.07, 6.45) is -2.66. The van der Waals surface area contributed by atoms with Crippen molar-refractivity contribution in [2.24, 2.45) is 0 Å². The minimum atomic E-state index is -4.70. The zero-order chi connectivity index (χ0) is 18.3. The van der Waals surface area contributed by atoms with Crippen molar-refractivity contribution in [2.75, 3.05) is 0 Å².